The van der Waals surface area contributed by atoms with Gasteiger partial charge in [-0.1, -0.05) is 24.3 Å². The number of ether oxygens (including phenoxy) is 1. The molecule has 6 nitrogen and oxygen atoms in total. The van der Waals surface area contributed by atoms with Crippen LogP contribution in [0.3, 0.4) is 0 Å². The molecule has 0 fully saturated rings. The van der Waals surface area contributed by atoms with Gasteiger partial charge in [0.25, 0.3) is 0 Å². The molecule has 28 heavy (non-hydrogen) atoms. The number of pyridine rings is 1. The van der Waals surface area contributed by atoms with Crippen molar-refractivity contribution in [1.29, 1.82) is 0 Å². The van der Waals surface area contributed by atoms with Crippen molar-refractivity contribution in [3.63, 3.8) is 0 Å². The Morgan fingerprint density at radius 3 is 2.36 bits per heavy atom. The van der Waals surface area contributed by atoms with Crippen molar-refractivity contribution in [1.82, 2.24) is 4.98 Å². The second kappa shape index (κ2) is 8.35. The number of carbonyl (C=O) groups excluding carboxylic acids is 2. The average Bonchev–Trinajstić information content (AvgIpc) is 2.70. The Bertz CT molecular complexity index is 1010. The molecule has 2 amide bonds. The number of benzene rings is 2. The van der Waals surface area contributed by atoms with Crippen LogP contribution < -0.4 is 10.6 Å². The summed E-state index contributed by atoms with van der Waals surface area (Å²) in [5.41, 5.74) is 4.94. The maximum atomic E-state index is 12.2. The smallest absolute Gasteiger partial charge is 0.337 e. The molecule has 6 heteroatoms. The van der Waals surface area contributed by atoms with E-state index < -0.39 is 0 Å². The average molecular weight is 375 g/mol. The number of hydrogen-bond acceptors (Lipinski definition) is 4. The lowest BCUT2D eigenvalue weighted by Gasteiger charge is -2.11. The predicted octanol–water partition coefficient (Wildman–Crippen LogP) is 4.80. The fraction of sp³-hybridized carbons (Fsp3) is 0.136. The molecule has 142 valence electrons. The first kappa shape index (κ1) is 19.1. The molecule has 1 aromatic heterocycles. The number of methoxy groups -OCH3 is 1. The van der Waals surface area contributed by atoms with Crippen LogP contribution in [0.1, 0.15) is 21.5 Å². The summed E-state index contributed by atoms with van der Waals surface area (Å²) in [4.78, 5) is 28.1. The van der Waals surface area contributed by atoms with Gasteiger partial charge < -0.3 is 10.1 Å². The summed E-state index contributed by atoms with van der Waals surface area (Å²) in [6.45, 7) is 3.85. The van der Waals surface area contributed by atoms with Crippen molar-refractivity contribution < 1.29 is 14.3 Å². The van der Waals surface area contributed by atoms with Crippen LogP contribution in [0.25, 0.3) is 11.1 Å². The first-order valence-electron chi connectivity index (χ1n) is 8.77. The highest BCUT2D eigenvalue weighted by atomic mass is 16.5. The summed E-state index contributed by atoms with van der Waals surface area (Å²) < 4.78 is 4.79. The van der Waals surface area contributed by atoms with Gasteiger partial charge in [0.15, 0.2) is 0 Å². The molecule has 0 aliphatic heterocycles. The van der Waals surface area contributed by atoms with E-state index in [9.17, 15) is 9.59 Å². The van der Waals surface area contributed by atoms with Crippen LogP contribution >= 0.6 is 0 Å². The zero-order chi connectivity index (χ0) is 20.1. The molecule has 0 unspecified atom stereocenters. The highest BCUT2D eigenvalue weighted by Crippen LogP contribution is 2.26. The molecular formula is C22H21N3O3. The van der Waals surface area contributed by atoms with Crippen LogP contribution in [0.15, 0.2) is 60.8 Å². The van der Waals surface area contributed by atoms with E-state index in [4.69, 9.17) is 4.74 Å². The lowest BCUT2D eigenvalue weighted by molar-refractivity contribution is 0.0600. The van der Waals surface area contributed by atoms with Gasteiger partial charge in [-0.05, 0) is 66.4 Å². The van der Waals surface area contributed by atoms with Crippen LogP contribution in [0, 0.1) is 13.8 Å². The largest absolute Gasteiger partial charge is 0.465 e. The summed E-state index contributed by atoms with van der Waals surface area (Å²) in [5.74, 6) is 0.146. The number of esters is 1. The summed E-state index contributed by atoms with van der Waals surface area (Å²) in [5, 5.41) is 5.51. The number of anilines is 2. The molecule has 3 rings (SSSR count). The Kier molecular flexibility index (Phi) is 5.69. The van der Waals surface area contributed by atoms with E-state index in [2.05, 4.69) is 15.6 Å². The number of aryl methyl sites for hydroxylation is 2. The van der Waals surface area contributed by atoms with E-state index in [0.29, 0.717) is 17.1 Å². The third-order valence-corrected chi connectivity index (χ3v) is 4.35. The van der Waals surface area contributed by atoms with Crippen LogP contribution in [0.2, 0.25) is 0 Å². The van der Waals surface area contributed by atoms with Crippen LogP contribution in [0.5, 0.6) is 0 Å². The minimum atomic E-state index is -0.374. The predicted molar refractivity (Wildman–Crippen MR) is 110 cm³/mol. The topological polar surface area (TPSA) is 80.3 Å². The fourth-order valence-corrected chi connectivity index (χ4v) is 2.80. The third kappa shape index (κ3) is 4.35. The van der Waals surface area contributed by atoms with Crippen molar-refractivity contribution in [2.24, 2.45) is 0 Å². The maximum Gasteiger partial charge on any atom is 0.337 e. The summed E-state index contributed by atoms with van der Waals surface area (Å²) in [7, 11) is 1.36. The van der Waals surface area contributed by atoms with Gasteiger partial charge in [-0.25, -0.2) is 14.6 Å². The monoisotopic (exact) mass is 375 g/mol. The van der Waals surface area contributed by atoms with Gasteiger partial charge in [0.05, 0.1) is 12.7 Å². The van der Waals surface area contributed by atoms with E-state index in [-0.39, 0.29) is 12.0 Å². The summed E-state index contributed by atoms with van der Waals surface area (Å²) >= 11 is 0. The molecule has 3 aromatic rings. The lowest BCUT2D eigenvalue weighted by atomic mass is 9.98. The number of nitrogens with zero attached hydrogens (tertiary/aromatic N) is 1. The van der Waals surface area contributed by atoms with Gasteiger partial charge in [-0.3, -0.25) is 5.32 Å². The van der Waals surface area contributed by atoms with Gasteiger partial charge in [-0.2, -0.15) is 0 Å². The number of rotatable bonds is 4. The molecule has 0 aliphatic carbocycles. The van der Waals surface area contributed by atoms with E-state index in [0.717, 1.165) is 22.3 Å². The maximum absolute atomic E-state index is 12.2. The Balaban J connectivity index is 1.74. The van der Waals surface area contributed by atoms with Gasteiger partial charge in [0, 0.05) is 11.9 Å². The molecule has 1 heterocycles. The van der Waals surface area contributed by atoms with E-state index in [1.54, 1.807) is 18.3 Å². The summed E-state index contributed by atoms with van der Waals surface area (Å²) in [6, 6.07) is 16.2. The van der Waals surface area contributed by atoms with E-state index in [1.165, 1.54) is 7.11 Å². The number of hydrogen-bond donors (Lipinski definition) is 2. The van der Waals surface area contributed by atoms with Crippen molar-refractivity contribution in [2.75, 3.05) is 17.7 Å². The van der Waals surface area contributed by atoms with E-state index in [1.807, 2.05) is 56.3 Å². The Morgan fingerprint density at radius 2 is 1.68 bits per heavy atom. The number of amides is 2. The standard InChI is InChI=1S/C22H21N3O3/c1-14-6-7-17(21(26)28-3)13-19(14)16-8-10-18(11-9-16)24-22(27)25-20-15(2)5-4-12-23-20/h4-13H,1-3H3,(H2,23,24,25,27). The fourth-order valence-electron chi connectivity index (χ4n) is 2.80. The van der Waals surface area contributed by atoms with Crippen molar-refractivity contribution in [3.8, 4) is 11.1 Å². The number of aromatic nitrogens is 1. The molecule has 2 N–H and O–H groups in total. The van der Waals surface area contributed by atoms with Gasteiger partial charge in [0.2, 0.25) is 0 Å². The second-order valence-electron chi connectivity index (χ2n) is 6.35. The normalized spacial score (nSPS) is 10.2. The van der Waals surface area contributed by atoms with Crippen LogP contribution in [-0.4, -0.2) is 24.1 Å². The molecule has 0 saturated heterocycles. The number of urea groups is 1. The molecule has 0 spiro atoms. The van der Waals surface area contributed by atoms with Crippen molar-refractivity contribution in [3.05, 3.63) is 77.5 Å². The molecular weight excluding hydrogens is 354 g/mol. The molecule has 0 bridgehead atoms. The quantitative estimate of drug-likeness (QED) is 0.642. The first-order valence-corrected chi connectivity index (χ1v) is 8.77. The zero-order valence-corrected chi connectivity index (χ0v) is 15.9. The highest BCUT2D eigenvalue weighted by molar-refractivity contribution is 5.99. The lowest BCUT2D eigenvalue weighted by Crippen LogP contribution is -2.20. The molecule has 0 atom stereocenters. The third-order valence-electron chi connectivity index (χ3n) is 4.35. The molecule has 0 radical (unpaired) electrons. The second-order valence-corrected chi connectivity index (χ2v) is 6.35. The van der Waals surface area contributed by atoms with Crippen molar-refractivity contribution >= 4 is 23.5 Å². The van der Waals surface area contributed by atoms with E-state index >= 15 is 0 Å². The number of nitrogens with one attached hydrogen (secondary N) is 2. The zero-order valence-electron chi connectivity index (χ0n) is 15.9. The minimum Gasteiger partial charge on any atom is -0.465 e. The van der Waals surface area contributed by atoms with Gasteiger partial charge in [0.1, 0.15) is 5.82 Å². The van der Waals surface area contributed by atoms with Gasteiger partial charge in [-0.15, -0.1) is 0 Å². The Morgan fingerprint density at radius 1 is 0.929 bits per heavy atom. The first-order chi connectivity index (χ1) is 13.5. The van der Waals surface area contributed by atoms with Crippen molar-refractivity contribution in [2.45, 2.75) is 13.8 Å². The number of carbonyl (C=O) groups is 2. The molecule has 2 aromatic carbocycles. The van der Waals surface area contributed by atoms with Gasteiger partial charge >= 0.3 is 12.0 Å². The minimum absolute atomic E-state index is 0.363. The molecule has 0 aliphatic rings. The van der Waals surface area contributed by atoms with Crippen LogP contribution in [-0.2, 0) is 4.74 Å². The van der Waals surface area contributed by atoms with Crippen LogP contribution in [0.4, 0.5) is 16.3 Å². The Hall–Kier alpha value is -3.67. The summed E-state index contributed by atoms with van der Waals surface area (Å²) in [6.07, 6.45) is 1.63. The highest BCUT2D eigenvalue weighted by Gasteiger charge is 2.10. The SMILES string of the molecule is COC(=O)c1ccc(C)c(-c2ccc(NC(=O)Nc3ncccc3C)cc2)c1. The Labute approximate surface area is 163 Å². The molecule has 0 saturated carbocycles.